The third kappa shape index (κ3) is 2.38. The number of para-hydroxylation sites is 2. The first-order valence-electron chi connectivity index (χ1n) is 5.71. The number of hydrogen-bond acceptors (Lipinski definition) is 2. The van der Waals surface area contributed by atoms with Crippen LogP contribution in [0.25, 0.3) is 23.3 Å². The van der Waals surface area contributed by atoms with Gasteiger partial charge in [0, 0.05) is 17.7 Å². The van der Waals surface area contributed by atoms with Crippen LogP contribution >= 0.6 is 0 Å². The second-order valence-corrected chi connectivity index (χ2v) is 4.02. The van der Waals surface area contributed by atoms with Crippen molar-refractivity contribution in [2.24, 2.45) is 0 Å². The maximum absolute atomic E-state index is 13.4. The molecule has 0 atom stereocenters. The molecule has 1 heterocycles. The zero-order valence-electron chi connectivity index (χ0n) is 9.81. The Balaban J connectivity index is 1.93. The van der Waals surface area contributed by atoms with Crippen molar-refractivity contribution in [2.75, 3.05) is 0 Å². The molecule has 94 valence electrons. The molecule has 0 aliphatic rings. The normalized spacial score (nSPS) is 11.5. The molecule has 0 spiro atoms. The summed E-state index contributed by atoms with van der Waals surface area (Å²) in [5.74, 6) is -0.839. The topological polar surface area (TPSA) is 26.0 Å². The molecule has 0 fully saturated rings. The summed E-state index contributed by atoms with van der Waals surface area (Å²) in [6.07, 6.45) is 3.05. The lowest BCUT2D eigenvalue weighted by Crippen LogP contribution is -1.83. The first-order valence-corrected chi connectivity index (χ1v) is 5.71. The van der Waals surface area contributed by atoms with Crippen molar-refractivity contribution >= 4 is 23.3 Å². The summed E-state index contributed by atoms with van der Waals surface area (Å²) in [5, 5.41) is 0. The summed E-state index contributed by atoms with van der Waals surface area (Å²) in [5.41, 5.74) is 1.69. The van der Waals surface area contributed by atoms with Gasteiger partial charge in [-0.3, -0.25) is 0 Å². The van der Waals surface area contributed by atoms with Crippen LogP contribution in [-0.4, -0.2) is 4.98 Å². The zero-order valence-corrected chi connectivity index (χ0v) is 9.81. The molecule has 4 heteroatoms. The summed E-state index contributed by atoms with van der Waals surface area (Å²) in [7, 11) is 0. The zero-order chi connectivity index (χ0) is 13.2. The van der Waals surface area contributed by atoms with Crippen molar-refractivity contribution in [3.05, 3.63) is 65.6 Å². The van der Waals surface area contributed by atoms with Crippen molar-refractivity contribution < 1.29 is 13.2 Å². The summed E-state index contributed by atoms with van der Waals surface area (Å²) in [6.45, 7) is 0. The Morgan fingerprint density at radius 1 is 1.00 bits per heavy atom. The second kappa shape index (κ2) is 4.65. The molecule has 0 saturated carbocycles. The smallest absolute Gasteiger partial charge is 0.220 e. The molecule has 0 amide bonds. The molecular formula is C15H9F2NO. The number of oxazole rings is 1. The van der Waals surface area contributed by atoms with E-state index in [1.54, 1.807) is 12.1 Å². The van der Waals surface area contributed by atoms with E-state index >= 15 is 0 Å². The predicted octanol–water partition coefficient (Wildman–Crippen LogP) is 4.28. The van der Waals surface area contributed by atoms with E-state index in [2.05, 4.69) is 4.98 Å². The molecule has 0 saturated heterocycles. The molecule has 19 heavy (non-hydrogen) atoms. The molecule has 2 aromatic carbocycles. The number of benzene rings is 2. The van der Waals surface area contributed by atoms with E-state index in [-0.39, 0.29) is 5.56 Å². The highest BCUT2D eigenvalue weighted by Gasteiger charge is 2.03. The standard InChI is InChI=1S/C15H9F2NO/c16-11-7-5-10(12(17)9-11)6-8-15-18-13-3-1-2-4-14(13)19-15/h1-9H. The molecule has 0 aliphatic heterocycles. The van der Waals surface area contributed by atoms with E-state index in [4.69, 9.17) is 4.42 Å². The van der Waals surface area contributed by atoms with Gasteiger partial charge in [-0.15, -0.1) is 0 Å². The van der Waals surface area contributed by atoms with Crippen LogP contribution in [0.15, 0.2) is 46.9 Å². The maximum atomic E-state index is 13.4. The highest BCUT2D eigenvalue weighted by molar-refractivity contribution is 5.75. The average Bonchev–Trinajstić information content (AvgIpc) is 2.80. The molecule has 0 radical (unpaired) electrons. The monoisotopic (exact) mass is 257 g/mol. The molecule has 3 aromatic rings. The van der Waals surface area contributed by atoms with Gasteiger partial charge in [-0.05, 0) is 30.3 Å². The third-order valence-electron chi connectivity index (χ3n) is 2.68. The number of hydrogen-bond donors (Lipinski definition) is 0. The van der Waals surface area contributed by atoms with E-state index < -0.39 is 11.6 Å². The first-order chi connectivity index (χ1) is 9.22. The summed E-state index contributed by atoms with van der Waals surface area (Å²) in [4.78, 5) is 4.23. The van der Waals surface area contributed by atoms with Crippen molar-refractivity contribution in [1.29, 1.82) is 0 Å². The van der Waals surface area contributed by atoms with E-state index in [0.29, 0.717) is 11.5 Å². The number of halogens is 2. The molecule has 0 bridgehead atoms. The van der Waals surface area contributed by atoms with Crippen LogP contribution in [0.5, 0.6) is 0 Å². The van der Waals surface area contributed by atoms with Gasteiger partial charge >= 0.3 is 0 Å². The number of aromatic nitrogens is 1. The van der Waals surface area contributed by atoms with Gasteiger partial charge in [0.25, 0.3) is 0 Å². The van der Waals surface area contributed by atoms with Crippen molar-refractivity contribution in [3.8, 4) is 0 Å². The van der Waals surface area contributed by atoms with Gasteiger partial charge in [0.05, 0.1) is 0 Å². The van der Waals surface area contributed by atoms with Crippen LogP contribution in [-0.2, 0) is 0 Å². The van der Waals surface area contributed by atoms with Crippen LogP contribution in [0, 0.1) is 11.6 Å². The lowest BCUT2D eigenvalue weighted by Gasteiger charge is -1.95. The van der Waals surface area contributed by atoms with Gasteiger partial charge in [-0.25, -0.2) is 13.8 Å². The minimum absolute atomic E-state index is 0.281. The second-order valence-electron chi connectivity index (χ2n) is 4.02. The Bertz CT molecular complexity index is 729. The van der Waals surface area contributed by atoms with Crippen molar-refractivity contribution in [3.63, 3.8) is 0 Å². The first kappa shape index (κ1) is 11.6. The van der Waals surface area contributed by atoms with Crippen LogP contribution in [0.2, 0.25) is 0 Å². The van der Waals surface area contributed by atoms with Crippen LogP contribution < -0.4 is 0 Å². The van der Waals surface area contributed by atoms with E-state index in [1.165, 1.54) is 18.2 Å². The van der Waals surface area contributed by atoms with E-state index in [9.17, 15) is 8.78 Å². The fourth-order valence-electron chi connectivity index (χ4n) is 1.76. The fourth-order valence-corrected chi connectivity index (χ4v) is 1.76. The molecule has 0 N–H and O–H groups in total. The van der Waals surface area contributed by atoms with Gasteiger partial charge in [-0.2, -0.15) is 0 Å². The quantitative estimate of drug-likeness (QED) is 0.685. The van der Waals surface area contributed by atoms with Crippen LogP contribution in [0.1, 0.15) is 11.5 Å². The van der Waals surface area contributed by atoms with Gasteiger partial charge in [0.2, 0.25) is 5.89 Å². The van der Waals surface area contributed by atoms with Gasteiger partial charge in [-0.1, -0.05) is 12.1 Å². The molecule has 3 rings (SSSR count). The Morgan fingerprint density at radius 2 is 1.84 bits per heavy atom. The van der Waals surface area contributed by atoms with Gasteiger partial charge in [0.15, 0.2) is 5.58 Å². The summed E-state index contributed by atoms with van der Waals surface area (Å²) in [6, 6.07) is 10.7. The Kier molecular flexibility index (Phi) is 2.83. The van der Waals surface area contributed by atoms with Crippen LogP contribution in [0.4, 0.5) is 8.78 Å². The van der Waals surface area contributed by atoms with E-state index in [0.717, 1.165) is 11.6 Å². The van der Waals surface area contributed by atoms with E-state index in [1.807, 2.05) is 18.2 Å². The molecule has 0 unspecified atom stereocenters. The Hall–Kier alpha value is -2.49. The summed E-state index contributed by atoms with van der Waals surface area (Å²) >= 11 is 0. The Labute approximate surface area is 108 Å². The average molecular weight is 257 g/mol. The van der Waals surface area contributed by atoms with Gasteiger partial charge < -0.3 is 4.42 Å². The fraction of sp³-hybridized carbons (Fsp3) is 0. The molecular weight excluding hydrogens is 248 g/mol. The lowest BCUT2D eigenvalue weighted by molar-refractivity contribution is 0.581. The number of nitrogens with zero attached hydrogens (tertiary/aromatic N) is 1. The molecule has 1 aromatic heterocycles. The van der Waals surface area contributed by atoms with Gasteiger partial charge in [0.1, 0.15) is 17.2 Å². The maximum Gasteiger partial charge on any atom is 0.220 e. The summed E-state index contributed by atoms with van der Waals surface area (Å²) < 4.78 is 31.6. The molecule has 0 aliphatic carbocycles. The molecule has 2 nitrogen and oxygen atoms in total. The highest BCUT2D eigenvalue weighted by Crippen LogP contribution is 2.17. The minimum atomic E-state index is -0.618. The number of fused-ring (bicyclic) bond motifs is 1. The van der Waals surface area contributed by atoms with Crippen molar-refractivity contribution in [1.82, 2.24) is 4.98 Å². The van der Waals surface area contributed by atoms with Crippen LogP contribution in [0.3, 0.4) is 0 Å². The largest absolute Gasteiger partial charge is 0.437 e. The predicted molar refractivity (Wildman–Crippen MR) is 69.3 cm³/mol. The van der Waals surface area contributed by atoms with Crippen molar-refractivity contribution in [2.45, 2.75) is 0 Å². The Morgan fingerprint density at radius 3 is 2.63 bits per heavy atom. The lowest BCUT2D eigenvalue weighted by atomic mass is 10.2. The third-order valence-corrected chi connectivity index (χ3v) is 2.68. The minimum Gasteiger partial charge on any atom is -0.437 e. The SMILES string of the molecule is Fc1ccc(C=Cc2nc3ccccc3o2)c(F)c1. The highest BCUT2D eigenvalue weighted by atomic mass is 19.1. The number of rotatable bonds is 2.